The highest BCUT2D eigenvalue weighted by Gasteiger charge is 2.30. The molecule has 0 N–H and O–H groups in total. The minimum atomic E-state index is 0.521. The van der Waals surface area contributed by atoms with Crippen molar-refractivity contribution >= 4 is 11.5 Å². The van der Waals surface area contributed by atoms with E-state index < -0.39 is 0 Å². The first kappa shape index (κ1) is 14.9. The Morgan fingerprint density at radius 1 is 1.16 bits per heavy atom. The van der Waals surface area contributed by atoms with E-state index in [0.29, 0.717) is 12.0 Å². The Bertz CT molecular complexity index is 934. The topological polar surface area (TPSA) is 54.5 Å². The van der Waals surface area contributed by atoms with Crippen LogP contribution in [0.3, 0.4) is 0 Å². The summed E-state index contributed by atoms with van der Waals surface area (Å²) in [6.07, 6.45) is 9.12. The van der Waals surface area contributed by atoms with Gasteiger partial charge in [0.2, 0.25) is 0 Å². The Labute approximate surface area is 146 Å². The average molecular weight is 337 g/mol. The first-order valence-corrected chi connectivity index (χ1v) is 8.95. The molecule has 25 heavy (non-hydrogen) atoms. The molecule has 1 atom stereocenters. The van der Waals surface area contributed by atoms with Gasteiger partial charge in [-0.15, -0.1) is 0 Å². The molecule has 0 radical (unpaired) electrons. The molecule has 2 saturated heterocycles. The zero-order chi connectivity index (χ0) is 17.1. The molecular formula is C18H23N7. The summed E-state index contributed by atoms with van der Waals surface area (Å²) in [5, 5.41) is 0. The quantitative estimate of drug-likeness (QED) is 0.730. The van der Waals surface area contributed by atoms with Crippen LogP contribution in [0.4, 0.5) is 5.82 Å². The van der Waals surface area contributed by atoms with Gasteiger partial charge in [0.25, 0.3) is 0 Å². The van der Waals surface area contributed by atoms with Gasteiger partial charge in [-0.05, 0) is 27.3 Å². The van der Waals surface area contributed by atoms with Crippen molar-refractivity contribution in [2.24, 2.45) is 0 Å². The number of aromatic nitrogens is 5. The summed E-state index contributed by atoms with van der Waals surface area (Å²) in [5.74, 6) is 2.45. The van der Waals surface area contributed by atoms with Crippen LogP contribution in [-0.4, -0.2) is 61.5 Å². The Kier molecular flexibility index (Phi) is 3.15. The van der Waals surface area contributed by atoms with Crippen LogP contribution in [0, 0.1) is 6.92 Å². The summed E-state index contributed by atoms with van der Waals surface area (Å²) >= 11 is 0. The van der Waals surface area contributed by atoms with Crippen LogP contribution in [0.1, 0.15) is 30.7 Å². The predicted molar refractivity (Wildman–Crippen MR) is 96.5 cm³/mol. The predicted octanol–water partition coefficient (Wildman–Crippen LogP) is 1.85. The van der Waals surface area contributed by atoms with Gasteiger partial charge in [-0.3, -0.25) is 8.97 Å². The molecule has 0 spiro atoms. The zero-order valence-electron chi connectivity index (χ0n) is 14.9. The molecule has 7 nitrogen and oxygen atoms in total. The van der Waals surface area contributed by atoms with E-state index in [-0.39, 0.29) is 0 Å². The third kappa shape index (κ3) is 2.18. The lowest BCUT2D eigenvalue weighted by molar-refractivity contribution is 0.187. The van der Waals surface area contributed by atoms with Crippen molar-refractivity contribution in [1.82, 2.24) is 28.8 Å². The summed E-state index contributed by atoms with van der Waals surface area (Å²) < 4.78 is 4.20. The first-order valence-electron chi connectivity index (χ1n) is 8.95. The van der Waals surface area contributed by atoms with E-state index in [1.165, 1.54) is 6.42 Å². The lowest BCUT2D eigenvalue weighted by Gasteiger charge is -2.40. The molecule has 2 aliphatic rings. The third-order valence-electron chi connectivity index (χ3n) is 5.66. The normalized spacial score (nSPS) is 21.6. The number of likely N-dealkylation sites (N-methyl/N-ethyl adjacent to an activating group) is 1. The van der Waals surface area contributed by atoms with Gasteiger partial charge in [0.05, 0.1) is 11.4 Å². The smallest absolute Gasteiger partial charge is 0.180 e. The Hall–Kier alpha value is -2.41. The van der Waals surface area contributed by atoms with Crippen molar-refractivity contribution < 1.29 is 0 Å². The van der Waals surface area contributed by atoms with Crippen LogP contribution < -0.4 is 4.90 Å². The fourth-order valence-corrected chi connectivity index (χ4v) is 3.90. The molecule has 3 aromatic heterocycles. The summed E-state index contributed by atoms with van der Waals surface area (Å²) in [6.45, 7) is 7.55. The average Bonchev–Trinajstić information content (AvgIpc) is 3.22. The molecule has 0 aliphatic carbocycles. The maximum Gasteiger partial charge on any atom is 0.180 e. The number of fused-ring (bicyclic) bond motifs is 1. The SMILES string of the molecule is Cc1c(-n2cnc(C3CN(C)C3)c2)nc(N2CC[C@@H]2C)c2nccn12. The van der Waals surface area contributed by atoms with Crippen molar-refractivity contribution in [1.29, 1.82) is 0 Å². The molecule has 0 bridgehead atoms. The summed E-state index contributed by atoms with van der Waals surface area (Å²) in [4.78, 5) is 18.8. The molecule has 130 valence electrons. The molecule has 5 rings (SSSR count). The first-order chi connectivity index (χ1) is 12.1. The summed E-state index contributed by atoms with van der Waals surface area (Å²) in [5.41, 5.74) is 3.18. The van der Waals surface area contributed by atoms with E-state index in [0.717, 1.165) is 48.3 Å². The fourth-order valence-electron chi connectivity index (χ4n) is 3.90. The Morgan fingerprint density at radius 2 is 2.00 bits per heavy atom. The van der Waals surface area contributed by atoms with Crippen LogP contribution in [0.2, 0.25) is 0 Å². The highest BCUT2D eigenvalue weighted by Crippen LogP contribution is 2.31. The number of likely N-dealkylation sites (tertiary alicyclic amines) is 1. The maximum absolute atomic E-state index is 5.00. The summed E-state index contributed by atoms with van der Waals surface area (Å²) in [7, 11) is 2.15. The molecule has 0 saturated carbocycles. The second kappa shape index (κ2) is 5.29. The number of anilines is 1. The van der Waals surface area contributed by atoms with Crippen molar-refractivity contribution in [3.63, 3.8) is 0 Å². The molecule has 7 heteroatoms. The minimum absolute atomic E-state index is 0.521. The number of hydrogen-bond donors (Lipinski definition) is 0. The third-order valence-corrected chi connectivity index (χ3v) is 5.66. The molecule has 2 fully saturated rings. The number of rotatable bonds is 3. The summed E-state index contributed by atoms with van der Waals surface area (Å²) in [6, 6.07) is 0.521. The highest BCUT2D eigenvalue weighted by atomic mass is 15.3. The number of hydrogen-bond acceptors (Lipinski definition) is 5. The van der Waals surface area contributed by atoms with E-state index in [1.807, 2.05) is 18.7 Å². The van der Waals surface area contributed by atoms with Gasteiger partial charge in [0, 0.05) is 50.2 Å². The molecule has 0 amide bonds. The molecule has 0 unspecified atom stereocenters. The Morgan fingerprint density at radius 3 is 2.68 bits per heavy atom. The van der Waals surface area contributed by atoms with Crippen LogP contribution in [0.25, 0.3) is 11.5 Å². The highest BCUT2D eigenvalue weighted by molar-refractivity contribution is 5.68. The lowest BCUT2D eigenvalue weighted by atomic mass is 9.98. The zero-order valence-corrected chi connectivity index (χ0v) is 14.9. The van der Waals surface area contributed by atoms with E-state index >= 15 is 0 Å². The van der Waals surface area contributed by atoms with Gasteiger partial charge in [-0.2, -0.15) is 0 Å². The number of nitrogens with zero attached hydrogens (tertiary/aromatic N) is 7. The van der Waals surface area contributed by atoms with Crippen LogP contribution in [0.15, 0.2) is 24.9 Å². The van der Waals surface area contributed by atoms with Crippen LogP contribution in [-0.2, 0) is 0 Å². The van der Waals surface area contributed by atoms with Gasteiger partial charge in [-0.25, -0.2) is 15.0 Å². The van der Waals surface area contributed by atoms with Gasteiger partial charge in [-0.1, -0.05) is 0 Å². The minimum Gasteiger partial charge on any atom is -0.351 e. The largest absolute Gasteiger partial charge is 0.351 e. The van der Waals surface area contributed by atoms with Gasteiger partial charge in [0.15, 0.2) is 17.3 Å². The van der Waals surface area contributed by atoms with E-state index in [9.17, 15) is 0 Å². The fraction of sp³-hybridized carbons (Fsp3) is 0.500. The number of imidazole rings is 2. The van der Waals surface area contributed by atoms with Gasteiger partial charge >= 0.3 is 0 Å². The van der Waals surface area contributed by atoms with E-state index in [2.05, 4.69) is 55.8 Å². The molecule has 3 aromatic rings. The lowest BCUT2D eigenvalue weighted by Crippen LogP contribution is -2.46. The number of aryl methyl sites for hydroxylation is 1. The standard InChI is InChI=1S/C18H23N7/c1-12-4-6-24(12)18-17-19-5-7-25(17)13(2)16(21-18)23-10-15(20-11-23)14-8-22(3)9-14/h5,7,10-12,14H,4,6,8-9H2,1-3H3/t12-/m0/s1. The monoisotopic (exact) mass is 337 g/mol. The van der Waals surface area contributed by atoms with E-state index in [4.69, 9.17) is 4.98 Å². The maximum atomic E-state index is 5.00. The second-order valence-corrected chi connectivity index (χ2v) is 7.42. The van der Waals surface area contributed by atoms with Crippen molar-refractivity contribution in [3.8, 4) is 5.82 Å². The van der Waals surface area contributed by atoms with Crippen LogP contribution in [0.5, 0.6) is 0 Å². The van der Waals surface area contributed by atoms with Gasteiger partial charge in [0.1, 0.15) is 6.33 Å². The molecular weight excluding hydrogens is 314 g/mol. The molecule has 2 aliphatic heterocycles. The second-order valence-electron chi connectivity index (χ2n) is 7.42. The molecule has 0 aromatic carbocycles. The molecule has 5 heterocycles. The van der Waals surface area contributed by atoms with E-state index in [1.54, 1.807) is 0 Å². The van der Waals surface area contributed by atoms with Gasteiger partial charge < -0.3 is 9.80 Å². The Balaban J connectivity index is 1.60. The van der Waals surface area contributed by atoms with Crippen molar-refractivity contribution in [2.75, 3.05) is 31.6 Å². The van der Waals surface area contributed by atoms with Crippen molar-refractivity contribution in [2.45, 2.75) is 32.2 Å². The van der Waals surface area contributed by atoms with Crippen LogP contribution >= 0.6 is 0 Å². The van der Waals surface area contributed by atoms with Crippen molar-refractivity contribution in [3.05, 3.63) is 36.3 Å².